The van der Waals surface area contributed by atoms with E-state index in [1.54, 1.807) is 41.5 Å². The molecule has 0 saturated carbocycles. The monoisotopic (exact) mass is 664 g/mol. The van der Waals surface area contributed by atoms with Crippen molar-refractivity contribution < 1.29 is 33.3 Å². The van der Waals surface area contributed by atoms with Crippen LogP contribution >= 0.6 is 15.9 Å². The summed E-state index contributed by atoms with van der Waals surface area (Å²) in [5.74, 6) is 0.481. The number of pyridine rings is 1. The van der Waals surface area contributed by atoms with Gasteiger partial charge < -0.3 is 24.3 Å². The predicted octanol–water partition coefficient (Wildman–Crippen LogP) is 7.17. The Balaban J connectivity index is 1.91. The van der Waals surface area contributed by atoms with Crippen LogP contribution in [0.2, 0.25) is 0 Å². The molecule has 1 aromatic heterocycles. The van der Waals surface area contributed by atoms with Gasteiger partial charge in [-0.2, -0.15) is 4.90 Å². The number of nitrogens with one attached hydrogen (secondary N) is 1. The fourth-order valence-corrected chi connectivity index (χ4v) is 5.01. The quantitative estimate of drug-likeness (QED) is 0.332. The summed E-state index contributed by atoms with van der Waals surface area (Å²) in [4.78, 5) is 46.5. The molecule has 1 N–H and O–H groups in total. The van der Waals surface area contributed by atoms with Crippen molar-refractivity contribution in [2.75, 3.05) is 25.1 Å². The van der Waals surface area contributed by atoms with Crippen molar-refractivity contribution in [1.29, 1.82) is 0 Å². The number of amides is 3. The van der Waals surface area contributed by atoms with Crippen LogP contribution in [0.4, 0.5) is 20.2 Å². The maximum absolute atomic E-state index is 13.4. The van der Waals surface area contributed by atoms with E-state index < -0.39 is 35.1 Å². The highest BCUT2D eigenvalue weighted by molar-refractivity contribution is 9.10. The maximum Gasteiger partial charge on any atom is 0.425 e. The van der Waals surface area contributed by atoms with Crippen LogP contribution in [0.1, 0.15) is 80.7 Å². The van der Waals surface area contributed by atoms with E-state index in [4.69, 9.17) is 18.9 Å². The van der Waals surface area contributed by atoms with Gasteiger partial charge >= 0.3 is 18.3 Å². The van der Waals surface area contributed by atoms with Crippen LogP contribution in [0.15, 0.2) is 22.8 Å². The summed E-state index contributed by atoms with van der Waals surface area (Å²) in [7, 11) is 1.53. The summed E-state index contributed by atoms with van der Waals surface area (Å²) in [6, 6.07) is 3.92. The van der Waals surface area contributed by atoms with Gasteiger partial charge in [0, 0.05) is 41.7 Å². The smallest absolute Gasteiger partial charge is 0.425 e. The van der Waals surface area contributed by atoms with Gasteiger partial charge in [-0.15, -0.1) is 0 Å². The number of ether oxygens (including phenoxy) is 4. The second-order valence-electron chi connectivity index (χ2n) is 13.6. The zero-order chi connectivity index (χ0) is 32.3. The van der Waals surface area contributed by atoms with Gasteiger partial charge in [-0.25, -0.2) is 19.4 Å². The van der Waals surface area contributed by atoms with Crippen molar-refractivity contribution in [3.05, 3.63) is 28.4 Å². The molecule has 12 heteroatoms. The molecule has 2 aromatic rings. The van der Waals surface area contributed by atoms with Crippen LogP contribution in [-0.4, -0.2) is 71.2 Å². The number of fused-ring (bicyclic) bond motifs is 1. The van der Waals surface area contributed by atoms with E-state index in [-0.39, 0.29) is 11.9 Å². The summed E-state index contributed by atoms with van der Waals surface area (Å²) in [5, 5.41) is 4.13. The molecule has 43 heavy (non-hydrogen) atoms. The predicted molar refractivity (Wildman–Crippen MR) is 169 cm³/mol. The van der Waals surface area contributed by atoms with E-state index in [2.05, 4.69) is 31.1 Å². The Hall–Kier alpha value is -3.12. The van der Waals surface area contributed by atoms with Crippen molar-refractivity contribution in [3.63, 3.8) is 0 Å². The molecule has 1 fully saturated rings. The number of aromatic nitrogens is 1. The Morgan fingerprint density at radius 2 is 1.47 bits per heavy atom. The number of nitrogens with zero attached hydrogens (tertiary/aromatic N) is 3. The van der Waals surface area contributed by atoms with Crippen molar-refractivity contribution in [2.45, 2.75) is 105 Å². The molecule has 0 spiro atoms. The first-order valence-electron chi connectivity index (χ1n) is 14.4. The van der Waals surface area contributed by atoms with Crippen LogP contribution in [0.25, 0.3) is 10.8 Å². The highest BCUT2D eigenvalue weighted by Crippen LogP contribution is 2.39. The van der Waals surface area contributed by atoms with Crippen LogP contribution in [-0.2, 0) is 20.8 Å². The van der Waals surface area contributed by atoms with Gasteiger partial charge in [0.05, 0.1) is 12.5 Å². The number of carbonyl (C=O) groups is 3. The minimum Gasteiger partial charge on any atom is -0.496 e. The van der Waals surface area contributed by atoms with E-state index in [1.165, 1.54) is 13.3 Å². The van der Waals surface area contributed by atoms with Crippen LogP contribution in [0.5, 0.6) is 5.75 Å². The Kier molecular flexibility index (Phi) is 10.6. The molecule has 0 unspecified atom stereocenters. The molecule has 0 radical (unpaired) electrons. The SMILES string of the molecule is COc1cc(CN2CCC(NC(=O)OC(C)(C)C)CC2)cc2c(Br)cnc(N(C(=O)OC(C)(C)C)C(=O)OC(C)(C)C)c12. The minimum atomic E-state index is -0.910. The largest absolute Gasteiger partial charge is 0.496 e. The topological polar surface area (TPSA) is 120 Å². The Labute approximate surface area is 262 Å². The number of alkyl carbamates (subject to hydrolysis) is 1. The molecule has 238 valence electrons. The zero-order valence-corrected chi connectivity index (χ0v) is 28.5. The first-order chi connectivity index (χ1) is 19.8. The number of likely N-dealkylation sites (tertiary alicyclic amines) is 1. The van der Waals surface area contributed by atoms with E-state index in [9.17, 15) is 14.4 Å². The number of rotatable bonds is 5. The number of hydrogen-bond acceptors (Lipinski definition) is 9. The summed E-state index contributed by atoms with van der Waals surface area (Å²) >= 11 is 3.59. The number of piperidine rings is 1. The Bertz CT molecular complexity index is 1310. The lowest BCUT2D eigenvalue weighted by atomic mass is 10.0. The Morgan fingerprint density at radius 1 is 0.930 bits per heavy atom. The highest BCUT2D eigenvalue weighted by Gasteiger charge is 2.36. The number of hydrogen-bond donors (Lipinski definition) is 1. The maximum atomic E-state index is 13.4. The van der Waals surface area contributed by atoms with Gasteiger partial charge in [0.25, 0.3) is 0 Å². The average molecular weight is 666 g/mol. The lowest BCUT2D eigenvalue weighted by Crippen LogP contribution is -2.45. The molecule has 1 saturated heterocycles. The lowest BCUT2D eigenvalue weighted by Gasteiger charge is -2.33. The van der Waals surface area contributed by atoms with Crippen LogP contribution in [0, 0.1) is 0 Å². The third-order valence-corrected chi connectivity index (χ3v) is 6.87. The van der Waals surface area contributed by atoms with Crippen LogP contribution < -0.4 is 15.0 Å². The van der Waals surface area contributed by atoms with Crippen molar-refractivity contribution in [1.82, 2.24) is 15.2 Å². The number of carbonyl (C=O) groups excluding carboxylic acids is 3. The molecule has 0 atom stereocenters. The molecular weight excluding hydrogens is 620 g/mol. The van der Waals surface area contributed by atoms with Gasteiger partial charge in [0.15, 0.2) is 5.82 Å². The van der Waals surface area contributed by atoms with Gasteiger partial charge in [0.2, 0.25) is 0 Å². The molecular formula is C31H45BrN4O7. The second kappa shape index (κ2) is 13.3. The number of halogens is 1. The Morgan fingerprint density at radius 3 is 1.95 bits per heavy atom. The highest BCUT2D eigenvalue weighted by atomic mass is 79.9. The number of methoxy groups -OCH3 is 1. The fourth-order valence-electron chi connectivity index (χ4n) is 4.60. The molecule has 1 aromatic carbocycles. The summed E-state index contributed by atoms with van der Waals surface area (Å²) in [6.45, 7) is 18.0. The van der Waals surface area contributed by atoms with Crippen LogP contribution in [0.3, 0.4) is 0 Å². The van der Waals surface area contributed by atoms with Crippen molar-refractivity contribution in [3.8, 4) is 5.75 Å². The van der Waals surface area contributed by atoms with E-state index >= 15 is 0 Å². The third kappa shape index (κ3) is 9.96. The number of imide groups is 1. The van der Waals surface area contributed by atoms with Gasteiger partial charge in [-0.1, -0.05) is 0 Å². The average Bonchev–Trinajstić information content (AvgIpc) is 2.83. The molecule has 1 aliphatic rings. The molecule has 0 bridgehead atoms. The molecule has 0 aliphatic carbocycles. The number of benzene rings is 1. The molecule has 1 aliphatic heterocycles. The van der Waals surface area contributed by atoms with Gasteiger partial charge in [0.1, 0.15) is 22.6 Å². The fraction of sp³-hybridized carbons (Fsp3) is 0.613. The van der Waals surface area contributed by atoms with Crippen molar-refractivity contribution in [2.24, 2.45) is 0 Å². The molecule has 11 nitrogen and oxygen atoms in total. The normalized spacial score (nSPS) is 15.1. The van der Waals surface area contributed by atoms with E-state index in [0.717, 1.165) is 36.4 Å². The molecule has 3 amide bonds. The van der Waals surface area contributed by atoms with E-state index in [1.807, 2.05) is 32.9 Å². The standard InChI is InChI=1S/C31H45BrN4O7/c1-29(2,3)41-26(37)34-20-11-13-35(14-12-20)18-19-15-21-22(32)17-33-25(24(21)23(16-19)40-10)36(27(38)42-30(4,5)6)28(39)43-31(7,8)9/h15-17,20H,11-14,18H2,1-10H3,(H,34,37). The molecule has 3 rings (SSSR count). The van der Waals surface area contributed by atoms with Gasteiger partial charge in [-0.05, 0) is 109 Å². The van der Waals surface area contributed by atoms with Crippen molar-refractivity contribution >= 4 is 50.8 Å². The first kappa shape index (κ1) is 34.4. The van der Waals surface area contributed by atoms with Gasteiger partial charge in [-0.3, -0.25) is 4.90 Å². The number of anilines is 1. The summed E-state index contributed by atoms with van der Waals surface area (Å²) in [5.41, 5.74) is -1.30. The molecule has 2 heterocycles. The second-order valence-corrected chi connectivity index (χ2v) is 14.5. The summed E-state index contributed by atoms with van der Waals surface area (Å²) < 4.78 is 23.0. The summed E-state index contributed by atoms with van der Waals surface area (Å²) in [6.07, 6.45) is 0.909. The first-order valence-corrected chi connectivity index (χ1v) is 15.2. The zero-order valence-electron chi connectivity index (χ0n) is 26.9. The third-order valence-electron chi connectivity index (χ3n) is 6.24. The lowest BCUT2D eigenvalue weighted by molar-refractivity contribution is 0.0424. The van der Waals surface area contributed by atoms with E-state index in [0.29, 0.717) is 27.5 Å². The minimum absolute atomic E-state index is 0.0409.